The molecule has 1 aromatic rings. The molecule has 1 aliphatic heterocycles. The fourth-order valence-electron chi connectivity index (χ4n) is 1.22. The molecule has 2 rings (SSSR count). The van der Waals surface area contributed by atoms with Gasteiger partial charge in [-0.15, -0.1) is 5.82 Å². The first-order chi connectivity index (χ1) is 6.95. The van der Waals surface area contributed by atoms with Crippen LogP contribution in [-0.4, -0.2) is 6.85 Å². The van der Waals surface area contributed by atoms with E-state index in [4.69, 9.17) is 0 Å². The SMILES string of the molecule is C(#Cc1ccccc1)B1C=CC=CN1. The Kier molecular flexibility index (Phi) is 2.73. The largest absolute Gasteiger partial charge is 0.420 e. The number of allylic oxidation sites excluding steroid dienone is 2. The molecule has 0 aliphatic carbocycles. The highest BCUT2D eigenvalue weighted by Gasteiger charge is 2.04. The van der Waals surface area contributed by atoms with Gasteiger partial charge >= 0.3 is 6.85 Å². The van der Waals surface area contributed by atoms with Gasteiger partial charge in [-0.05, 0) is 24.4 Å². The van der Waals surface area contributed by atoms with Crippen molar-refractivity contribution in [1.82, 2.24) is 5.23 Å². The van der Waals surface area contributed by atoms with Crippen LogP contribution < -0.4 is 5.23 Å². The van der Waals surface area contributed by atoms with Crippen molar-refractivity contribution in [2.24, 2.45) is 0 Å². The molecule has 0 radical (unpaired) electrons. The molecule has 0 atom stereocenters. The Labute approximate surface area is 84.6 Å². The molecule has 1 aromatic carbocycles. The molecule has 1 heterocycles. The van der Waals surface area contributed by atoms with Crippen LogP contribution in [0.1, 0.15) is 5.56 Å². The van der Waals surface area contributed by atoms with Gasteiger partial charge in [0.1, 0.15) is 0 Å². The van der Waals surface area contributed by atoms with E-state index in [0.717, 1.165) is 5.56 Å². The lowest BCUT2D eigenvalue weighted by Gasteiger charge is -2.02. The molecular formula is C12H10BN. The maximum Gasteiger partial charge on any atom is 0.366 e. The average Bonchev–Trinajstić information content (AvgIpc) is 2.29. The minimum atomic E-state index is 0.139. The average molecular weight is 179 g/mol. The third-order valence-corrected chi connectivity index (χ3v) is 1.93. The molecule has 1 aliphatic rings. The summed E-state index contributed by atoms with van der Waals surface area (Å²) in [5.74, 6) is 8.29. The minimum Gasteiger partial charge on any atom is -0.420 e. The third kappa shape index (κ3) is 2.30. The Balaban J connectivity index is 2.07. The zero-order valence-corrected chi connectivity index (χ0v) is 7.77. The number of hydrogen-bond donors (Lipinski definition) is 1. The maximum atomic E-state index is 3.15. The molecule has 0 fully saturated rings. The quantitative estimate of drug-likeness (QED) is 0.472. The van der Waals surface area contributed by atoms with Gasteiger partial charge in [-0.2, -0.15) is 0 Å². The van der Waals surface area contributed by atoms with Crippen molar-refractivity contribution in [2.75, 3.05) is 0 Å². The molecule has 0 bridgehead atoms. The van der Waals surface area contributed by atoms with Crippen molar-refractivity contribution in [3.05, 3.63) is 60.2 Å². The molecule has 0 spiro atoms. The summed E-state index contributed by atoms with van der Waals surface area (Å²) in [7, 11) is 0. The van der Waals surface area contributed by atoms with Gasteiger partial charge in [0.05, 0.1) is 0 Å². The van der Waals surface area contributed by atoms with Crippen LogP contribution in [0, 0.1) is 11.7 Å². The van der Waals surface area contributed by atoms with Crippen LogP contribution in [0.2, 0.25) is 0 Å². The molecule has 1 N–H and O–H groups in total. The fraction of sp³-hybridized carbons (Fsp3) is 0. The van der Waals surface area contributed by atoms with E-state index >= 15 is 0 Å². The molecule has 66 valence electrons. The summed E-state index contributed by atoms with van der Waals surface area (Å²) in [5, 5.41) is 3.15. The van der Waals surface area contributed by atoms with Gasteiger partial charge in [0.25, 0.3) is 0 Å². The van der Waals surface area contributed by atoms with Crippen molar-refractivity contribution in [3.63, 3.8) is 0 Å². The van der Waals surface area contributed by atoms with Crippen LogP contribution in [0.15, 0.2) is 54.7 Å². The van der Waals surface area contributed by atoms with Crippen molar-refractivity contribution >= 4 is 6.85 Å². The summed E-state index contributed by atoms with van der Waals surface area (Å²) in [6, 6.07) is 10.00. The summed E-state index contributed by atoms with van der Waals surface area (Å²) in [6.45, 7) is 0.139. The first-order valence-electron chi connectivity index (χ1n) is 4.61. The van der Waals surface area contributed by atoms with Crippen molar-refractivity contribution in [3.8, 4) is 11.7 Å². The van der Waals surface area contributed by atoms with E-state index in [1.807, 2.05) is 54.7 Å². The summed E-state index contributed by atoms with van der Waals surface area (Å²) < 4.78 is 0. The highest BCUT2D eigenvalue weighted by molar-refractivity contribution is 6.70. The second-order valence-corrected chi connectivity index (χ2v) is 3.02. The summed E-state index contributed by atoms with van der Waals surface area (Å²) >= 11 is 0. The van der Waals surface area contributed by atoms with Crippen LogP contribution >= 0.6 is 0 Å². The van der Waals surface area contributed by atoms with Crippen LogP contribution in [0.4, 0.5) is 0 Å². The topological polar surface area (TPSA) is 12.0 Å². The van der Waals surface area contributed by atoms with Crippen molar-refractivity contribution in [2.45, 2.75) is 0 Å². The second kappa shape index (κ2) is 4.39. The number of nitrogens with one attached hydrogen (secondary N) is 1. The third-order valence-electron chi connectivity index (χ3n) is 1.93. The summed E-state index contributed by atoms with van der Waals surface area (Å²) in [4.78, 5) is 0. The van der Waals surface area contributed by atoms with Gasteiger partial charge in [-0.25, -0.2) is 0 Å². The molecule has 0 amide bonds. The highest BCUT2D eigenvalue weighted by atomic mass is 14.7. The molecule has 1 nitrogen and oxygen atoms in total. The van der Waals surface area contributed by atoms with E-state index < -0.39 is 0 Å². The standard InChI is InChI=1S/C12H10BN/c1-2-6-12(7-3-1)8-10-13-9-4-5-11-14-13/h1-7,9,11,14H. The van der Waals surface area contributed by atoms with Gasteiger partial charge < -0.3 is 5.23 Å². The molecule has 0 saturated heterocycles. The lowest BCUT2D eigenvalue weighted by atomic mass is 9.62. The van der Waals surface area contributed by atoms with Crippen molar-refractivity contribution < 1.29 is 0 Å². The molecule has 14 heavy (non-hydrogen) atoms. The van der Waals surface area contributed by atoms with Crippen LogP contribution in [0.5, 0.6) is 0 Å². The van der Waals surface area contributed by atoms with E-state index in [2.05, 4.69) is 17.0 Å². The Morgan fingerprint density at radius 1 is 1.07 bits per heavy atom. The van der Waals surface area contributed by atoms with Gasteiger partial charge in [0, 0.05) is 5.56 Å². The summed E-state index contributed by atoms with van der Waals surface area (Å²) in [6.07, 6.45) is 5.87. The predicted octanol–water partition coefficient (Wildman–Crippen LogP) is 1.78. The highest BCUT2D eigenvalue weighted by Crippen LogP contribution is 1.95. The minimum absolute atomic E-state index is 0.139. The molecule has 0 aromatic heterocycles. The first kappa shape index (κ1) is 8.71. The number of benzene rings is 1. The van der Waals surface area contributed by atoms with Crippen molar-refractivity contribution in [1.29, 1.82) is 0 Å². The summed E-state index contributed by atoms with van der Waals surface area (Å²) in [5.41, 5.74) is 1.05. The van der Waals surface area contributed by atoms with Crippen LogP contribution in [0.25, 0.3) is 0 Å². The maximum absolute atomic E-state index is 3.15. The van der Waals surface area contributed by atoms with E-state index in [1.165, 1.54) is 0 Å². The van der Waals surface area contributed by atoms with E-state index in [0.29, 0.717) is 0 Å². The monoisotopic (exact) mass is 179 g/mol. The van der Waals surface area contributed by atoms with Crippen LogP contribution in [0.3, 0.4) is 0 Å². The predicted molar refractivity (Wildman–Crippen MR) is 60.5 cm³/mol. The fourth-order valence-corrected chi connectivity index (χ4v) is 1.22. The molecule has 2 heteroatoms. The zero-order valence-electron chi connectivity index (χ0n) is 7.77. The normalized spacial score (nSPS) is 13.0. The molecule has 0 saturated carbocycles. The van der Waals surface area contributed by atoms with Crippen LogP contribution in [-0.2, 0) is 0 Å². The first-order valence-corrected chi connectivity index (χ1v) is 4.61. The van der Waals surface area contributed by atoms with E-state index in [9.17, 15) is 0 Å². The smallest absolute Gasteiger partial charge is 0.366 e. The Morgan fingerprint density at radius 2 is 1.93 bits per heavy atom. The number of hydrogen-bond acceptors (Lipinski definition) is 1. The molecular weight excluding hydrogens is 169 g/mol. The number of rotatable bonds is 0. The Bertz CT molecular complexity index is 409. The lowest BCUT2D eigenvalue weighted by molar-refractivity contribution is 1.33. The van der Waals surface area contributed by atoms with Gasteiger partial charge in [0.15, 0.2) is 0 Å². The second-order valence-electron chi connectivity index (χ2n) is 3.02. The van der Waals surface area contributed by atoms with Gasteiger partial charge in [-0.1, -0.05) is 36.2 Å². The van der Waals surface area contributed by atoms with E-state index in [1.54, 1.807) is 0 Å². The zero-order chi connectivity index (χ0) is 9.64. The van der Waals surface area contributed by atoms with Gasteiger partial charge in [0.2, 0.25) is 0 Å². The lowest BCUT2D eigenvalue weighted by Crippen LogP contribution is -2.27. The Morgan fingerprint density at radius 3 is 2.64 bits per heavy atom. The Hall–Kier alpha value is -1.88. The van der Waals surface area contributed by atoms with E-state index in [-0.39, 0.29) is 6.85 Å². The van der Waals surface area contributed by atoms with Gasteiger partial charge in [-0.3, -0.25) is 0 Å². The molecule has 0 unspecified atom stereocenters.